The minimum atomic E-state index is -0.526. The summed E-state index contributed by atoms with van der Waals surface area (Å²) in [5, 5.41) is 9.18. The van der Waals surface area contributed by atoms with Crippen LogP contribution in [0.1, 0.15) is 35.1 Å². The number of aromatic nitrogens is 9. The number of imidazole rings is 3. The van der Waals surface area contributed by atoms with Gasteiger partial charge in [-0.1, -0.05) is 194 Å². The van der Waals surface area contributed by atoms with Crippen LogP contribution in [0.5, 0.6) is 0 Å². The van der Waals surface area contributed by atoms with Crippen molar-refractivity contribution in [2.24, 2.45) is 0 Å². The van der Waals surface area contributed by atoms with E-state index in [-0.39, 0.29) is 119 Å². The number of fused-ring (bicyclic) bond motifs is 10. The van der Waals surface area contributed by atoms with Crippen LogP contribution in [0.4, 0.5) is 0 Å². The summed E-state index contributed by atoms with van der Waals surface area (Å²) in [5.74, 6) is 1.82. The van der Waals surface area contributed by atoms with Crippen LogP contribution in [-0.4, -0.2) is 43.4 Å². The summed E-state index contributed by atoms with van der Waals surface area (Å²) in [6.07, 6.45) is 8.73. The molecular weight excluding hydrogens is 2360 g/mol. The first-order chi connectivity index (χ1) is 59.1. The van der Waals surface area contributed by atoms with Gasteiger partial charge < -0.3 is 27.9 Å². The van der Waals surface area contributed by atoms with Crippen molar-refractivity contribution in [3.8, 4) is 79.2 Å². The summed E-state index contributed by atoms with van der Waals surface area (Å²) in [7, 11) is 0. The van der Waals surface area contributed by atoms with Crippen LogP contribution in [0.25, 0.3) is 150 Å². The van der Waals surface area contributed by atoms with Crippen molar-refractivity contribution >= 4 is 70.9 Å². The third kappa shape index (κ3) is 20.5. The van der Waals surface area contributed by atoms with E-state index in [0.29, 0.717) is 16.8 Å². The molecule has 595 valence electrons. The maximum absolute atomic E-state index is 11.8. The molecule has 119 heavy (non-hydrogen) atoms. The summed E-state index contributed by atoms with van der Waals surface area (Å²) in [6, 6.07) is 115. The number of hydrogen-bond acceptors (Lipinski definition) is 8. The van der Waals surface area contributed by atoms with Crippen molar-refractivity contribution in [3.63, 3.8) is 0 Å². The number of benzene rings is 13. The molecule has 13 aromatic carbocycles. The van der Waals surface area contributed by atoms with Gasteiger partial charge in [-0.05, 0) is 116 Å². The van der Waals surface area contributed by atoms with E-state index < -0.39 is 54.1 Å². The molecule has 0 fully saturated rings. The summed E-state index contributed by atoms with van der Waals surface area (Å²) in [6.45, 7) is 6.48. The number of aryl methyl sites for hydroxylation is 3. The van der Waals surface area contributed by atoms with Crippen LogP contribution in [0.2, 0.25) is 0 Å². The molecule has 0 saturated heterocycles. The average Bonchev–Trinajstić information content (AvgIpc) is 1.63. The standard InChI is InChI=1S/C24H19N2.C23H15N2.C19H13N2.C14H8NO2.2C11H8N.CH4.5Ir/c1-15-11-12-21-20(13-15)18-9-4-5-10-19(18)24-25-14-22(26(21)24)23-16(2)7-6-8-17(23)3;1-2-10-18(11-3-1)23-24-20-14-6-7-15-22(20)25(23)21-16-8-12-17-9-4-5-13-19(17)21;1-2-8-16(9-3-1)19-20-13-14-21(19)18-12-6-10-15-7-4-5-11-17(15)18;16-14-11(12-6-3-4-8-15-12)9-10-5-1-2-7-13(10)17-14;2*1-2-6-10(7-3-1)11-8-4-5-9-12-11;;;;;;/h4-9,11-14H,1-3H3;1-10,12-16H;1-8,10-14H;1-8H;2*1-6,8-9H;1H4;;;;;/q6*-1;;;;;;/i;;;;1D,2D,3D,4D,5D,6D,8D,9D;;;;;;;. The predicted octanol–water partition coefficient (Wildman–Crippen LogP) is 24.5. The molecule has 11 nitrogen and oxygen atoms in total. The van der Waals surface area contributed by atoms with E-state index in [9.17, 15) is 4.79 Å². The Morgan fingerprint density at radius 3 is 1.71 bits per heavy atom. The first-order valence-electron chi connectivity index (χ1n) is 40.4. The molecule has 5 radical (unpaired) electrons. The zero-order valence-electron chi connectivity index (χ0n) is 71.2. The Labute approximate surface area is 771 Å². The SMILES string of the molecule is C.Cc1ccc2c(c1)c1ccc[c-]c1c1ncc(-c3c(C)cccc3C)n21.O=c1oc2ccccc2[c-]c1-c1ccccn1.[2H]c1[c-]c(-c2nc([2H])c([2H])c([2H])c2[2H])c([2H])c([2H])c1[2H].[Ir].[Ir].[Ir].[Ir].[Ir].[c-]1ccccc1-c1ccccn1.[c-]1ccccc1-c1nc2ccccc2n1-c1cccc2ccccc12.[c-]1ccccc1-c1nccn1-c1cccc2ccccc12. The first-order valence-corrected chi connectivity index (χ1v) is 36.4. The summed E-state index contributed by atoms with van der Waals surface area (Å²) < 4.78 is 72.2. The molecule has 0 unspecified atom stereocenters. The maximum atomic E-state index is 11.8. The van der Waals surface area contributed by atoms with Gasteiger partial charge in [-0.25, -0.2) is 0 Å². The summed E-state index contributed by atoms with van der Waals surface area (Å²) >= 11 is 0. The smallest absolute Gasteiger partial charge is 0.268 e. The van der Waals surface area contributed by atoms with E-state index in [1.165, 1.54) is 60.1 Å². The van der Waals surface area contributed by atoms with Gasteiger partial charge in [-0.3, -0.25) is 24.7 Å². The third-order valence-corrected chi connectivity index (χ3v) is 18.7. The van der Waals surface area contributed by atoms with Crippen molar-refractivity contribution in [2.45, 2.75) is 28.2 Å². The Morgan fingerprint density at radius 2 is 1.02 bits per heavy atom. The van der Waals surface area contributed by atoms with E-state index in [2.05, 4.69) is 248 Å². The normalized spacial score (nSPS) is 11.2. The number of rotatable bonds is 8. The van der Waals surface area contributed by atoms with Crippen molar-refractivity contribution in [1.82, 2.24) is 43.4 Å². The third-order valence-electron chi connectivity index (χ3n) is 18.7. The van der Waals surface area contributed by atoms with Gasteiger partial charge in [0.2, 0.25) is 0 Å². The zero-order chi connectivity index (χ0) is 83.6. The van der Waals surface area contributed by atoms with Crippen LogP contribution >= 0.6 is 0 Å². The van der Waals surface area contributed by atoms with Crippen LogP contribution in [-0.2, 0) is 101 Å². The van der Waals surface area contributed by atoms with Gasteiger partial charge >= 0.3 is 0 Å². The van der Waals surface area contributed by atoms with Gasteiger partial charge in [0.15, 0.2) is 0 Å². The Morgan fingerprint density at radius 1 is 0.429 bits per heavy atom. The summed E-state index contributed by atoms with van der Waals surface area (Å²) in [5.41, 5.74) is 17.4. The van der Waals surface area contributed by atoms with Crippen LogP contribution in [0.3, 0.4) is 0 Å². The van der Waals surface area contributed by atoms with E-state index in [4.69, 9.17) is 25.4 Å². The second-order valence-corrected chi connectivity index (χ2v) is 26.0. The largest absolute Gasteiger partial charge is 0.496 e. The van der Waals surface area contributed by atoms with Gasteiger partial charge in [0.25, 0.3) is 5.63 Å². The quantitative estimate of drug-likeness (QED) is 0.0838. The van der Waals surface area contributed by atoms with Gasteiger partial charge in [-0.15, -0.1) is 185 Å². The predicted molar refractivity (Wildman–Crippen MR) is 465 cm³/mol. The fourth-order valence-corrected chi connectivity index (χ4v) is 13.6. The Hall–Kier alpha value is -11.8. The molecular formula is C103H75Ir5N9O2-6. The van der Waals surface area contributed by atoms with Crippen molar-refractivity contribution < 1.29 is 116 Å². The average molecular weight is 2440 g/mol. The molecule has 0 spiro atoms. The van der Waals surface area contributed by atoms with E-state index in [1.807, 2.05) is 140 Å². The number of nitrogens with zero attached hydrogens (tertiary/aromatic N) is 9. The molecule has 0 saturated carbocycles. The zero-order valence-corrected chi connectivity index (χ0v) is 75.2. The molecule has 21 aromatic rings. The molecule has 0 aliphatic rings. The summed E-state index contributed by atoms with van der Waals surface area (Å²) in [4.78, 5) is 38.0. The molecule has 8 aromatic heterocycles. The first kappa shape index (κ1) is 78.4. The fourth-order valence-electron chi connectivity index (χ4n) is 13.6. The fraction of sp³-hybridized carbons (Fsp3) is 0.0388. The molecule has 0 aliphatic heterocycles. The molecule has 0 bridgehead atoms. The minimum Gasteiger partial charge on any atom is -0.496 e. The molecule has 21 rings (SSSR count). The van der Waals surface area contributed by atoms with E-state index in [0.717, 1.165) is 78.6 Å². The van der Waals surface area contributed by atoms with Crippen LogP contribution in [0.15, 0.2) is 386 Å². The van der Waals surface area contributed by atoms with E-state index in [1.54, 1.807) is 30.6 Å². The van der Waals surface area contributed by atoms with Crippen molar-refractivity contribution in [1.29, 1.82) is 0 Å². The molecule has 0 amide bonds. The van der Waals surface area contributed by atoms with Crippen molar-refractivity contribution in [3.05, 3.63) is 440 Å². The van der Waals surface area contributed by atoms with Gasteiger partial charge in [0.05, 0.1) is 45.1 Å². The van der Waals surface area contributed by atoms with E-state index >= 15 is 0 Å². The Kier molecular flexibility index (Phi) is 28.3. The molecule has 0 N–H and O–H groups in total. The van der Waals surface area contributed by atoms with Crippen molar-refractivity contribution in [2.75, 3.05) is 0 Å². The topological polar surface area (TPSA) is 122 Å². The number of hydrogen-bond donors (Lipinski definition) is 0. The maximum Gasteiger partial charge on any atom is 0.268 e. The molecule has 8 heterocycles. The monoisotopic (exact) mass is 2440 g/mol. The van der Waals surface area contributed by atoms with Gasteiger partial charge in [-0.2, -0.15) is 0 Å². The molecule has 16 heteroatoms. The Balaban J connectivity index is 0.000000159. The second kappa shape index (κ2) is 43.0. The Bertz CT molecular complexity index is 7300. The minimum absolute atomic E-state index is 0. The molecule has 0 aliphatic carbocycles. The number of para-hydroxylation sites is 3. The van der Waals surface area contributed by atoms with Gasteiger partial charge in [0.1, 0.15) is 0 Å². The molecule has 0 atom stereocenters. The van der Waals surface area contributed by atoms with Crippen LogP contribution < -0.4 is 5.63 Å². The second-order valence-electron chi connectivity index (χ2n) is 26.0. The number of pyridine rings is 4. The van der Waals surface area contributed by atoms with Crippen LogP contribution in [0, 0.1) is 57.2 Å². The van der Waals surface area contributed by atoms with Gasteiger partial charge in [0, 0.05) is 179 Å².